The topological polar surface area (TPSA) is 209 Å². The van der Waals surface area contributed by atoms with Crippen molar-refractivity contribution in [3.05, 3.63) is 0 Å². The lowest BCUT2D eigenvalue weighted by Crippen LogP contribution is -2.78. The van der Waals surface area contributed by atoms with Crippen molar-refractivity contribution >= 4 is 5.91 Å². The number of carbonyl (C=O) groups is 1. The van der Waals surface area contributed by atoms with E-state index in [0.29, 0.717) is 0 Å². The molecule has 10 atom stereocenters. The van der Waals surface area contributed by atoms with Gasteiger partial charge in [-0.1, -0.05) is 0 Å². The van der Waals surface area contributed by atoms with Crippen LogP contribution in [0.3, 0.4) is 0 Å². The highest BCUT2D eigenvalue weighted by molar-refractivity contribution is 5.73. The van der Waals surface area contributed by atoms with Crippen LogP contribution in [0.5, 0.6) is 0 Å². The van der Waals surface area contributed by atoms with E-state index in [-0.39, 0.29) is 0 Å². The van der Waals surface area contributed by atoms with Gasteiger partial charge in [-0.2, -0.15) is 0 Å². The molecule has 12 heteroatoms. The number of hydrogen-bond donors (Lipinski definition) is 9. The van der Waals surface area contributed by atoms with E-state index in [4.69, 9.17) is 10.8 Å². The fourth-order valence-corrected chi connectivity index (χ4v) is 3.24. The third-order valence-electron chi connectivity index (χ3n) is 4.65. The van der Waals surface area contributed by atoms with Crippen molar-refractivity contribution in [1.82, 2.24) is 5.32 Å². The second-order valence-corrected chi connectivity index (χ2v) is 6.37. The molecule has 2 fully saturated rings. The zero-order chi connectivity index (χ0) is 20.5. The molecule has 0 aliphatic carbocycles. The molecule has 2 saturated heterocycles. The van der Waals surface area contributed by atoms with E-state index in [1.807, 2.05) is 0 Å². The van der Waals surface area contributed by atoms with Gasteiger partial charge in [0.1, 0.15) is 54.9 Å². The number of aliphatic hydroxyl groups is 8. The highest BCUT2D eigenvalue weighted by atomic mass is 16.7. The largest absolute Gasteiger partial charge is 0.394 e. The molecule has 0 radical (unpaired) electrons. The summed E-state index contributed by atoms with van der Waals surface area (Å²) in [6.07, 6.45) is -14.2. The summed E-state index contributed by atoms with van der Waals surface area (Å²) in [5.41, 5.74) is 0. The van der Waals surface area contributed by atoms with Crippen molar-refractivity contribution in [2.45, 2.75) is 67.6 Å². The molecule has 2 aliphatic heterocycles. The maximum absolute atomic E-state index is 11.6. The summed E-state index contributed by atoms with van der Waals surface area (Å²) in [5, 5.41) is 82.1. The van der Waals surface area contributed by atoms with E-state index in [1.54, 1.807) is 0 Å². The number of rotatable bonds is 4. The van der Waals surface area contributed by atoms with E-state index in [2.05, 4.69) is 5.32 Å². The first-order valence-corrected chi connectivity index (χ1v) is 7.88. The van der Waals surface area contributed by atoms with Crippen LogP contribution >= 0.6 is 0 Å². The first-order chi connectivity index (χ1) is 12.6. The normalized spacial score (nSPS) is 50.2. The number of ether oxygens (including phenoxy) is 2. The molecule has 0 aromatic heterocycles. The Bertz CT molecular complexity index is 525. The van der Waals surface area contributed by atoms with Crippen LogP contribution in [0.2, 0.25) is 0 Å². The molecule has 0 spiro atoms. The Morgan fingerprint density at radius 3 is 2.12 bits per heavy atom. The fraction of sp³-hybridized carbons (Fsp3) is 0.929. The van der Waals surface area contributed by atoms with Crippen LogP contribution < -0.4 is 5.32 Å². The quantitative estimate of drug-likeness (QED) is 0.223. The average molecular weight is 384 g/mol. The second kappa shape index (κ2) is 7.98. The van der Waals surface area contributed by atoms with Gasteiger partial charge in [-0.15, -0.1) is 0 Å². The zero-order valence-corrected chi connectivity index (χ0v) is 13.6. The summed E-state index contributed by atoms with van der Waals surface area (Å²) < 4.78 is 17.5. The van der Waals surface area contributed by atoms with Gasteiger partial charge < -0.3 is 55.6 Å². The van der Waals surface area contributed by atoms with Crippen molar-refractivity contribution in [3.63, 3.8) is 0 Å². The maximum Gasteiger partial charge on any atom is 0.219 e. The molecular formula is C14H25NO11. The molecule has 1 amide bonds. The Kier molecular flexibility index (Phi) is 6.08. The van der Waals surface area contributed by atoms with Crippen molar-refractivity contribution in [2.24, 2.45) is 0 Å². The minimum absolute atomic E-state index is 0.798. The minimum Gasteiger partial charge on any atom is -0.394 e. The summed E-state index contributed by atoms with van der Waals surface area (Å²) >= 11 is 0. The Morgan fingerprint density at radius 2 is 1.58 bits per heavy atom. The van der Waals surface area contributed by atoms with Gasteiger partial charge >= 0.3 is 0 Å². The Balaban J connectivity index is 2.43. The van der Waals surface area contributed by atoms with Crippen LogP contribution in [0, 0.1) is 0 Å². The van der Waals surface area contributed by atoms with E-state index in [1.165, 1.54) is 0 Å². The Morgan fingerprint density at radius 1 is 1.00 bits per heavy atom. The van der Waals surface area contributed by atoms with Gasteiger partial charge in [0.05, 0.1) is 13.2 Å². The molecule has 2 aliphatic rings. The Labute approximate surface area is 149 Å². The summed E-state index contributed by atoms with van der Waals surface area (Å²) in [6.45, 7) is -2.47. The second-order valence-electron chi connectivity index (χ2n) is 6.37. The van der Waals surface area contributed by atoms with E-state index >= 15 is 0 Å². The lowest BCUT2D eigenvalue weighted by molar-refractivity contribution is -0.385. The van der Waals surface area contributed by atoms with Crippen LogP contribution in [0.4, 0.5) is 0 Å². The first-order valence-electron chi connectivity index (χ1n) is 8.59. The summed E-state index contributed by atoms with van der Waals surface area (Å²) in [6, 6.07) is -1.84. The van der Waals surface area contributed by atoms with Crippen LogP contribution in [-0.2, 0) is 14.3 Å². The molecule has 12 nitrogen and oxygen atoms in total. The van der Waals surface area contributed by atoms with E-state index < -0.39 is 86.7 Å². The van der Waals surface area contributed by atoms with Crippen LogP contribution in [-0.4, -0.2) is 121 Å². The number of hydrogen-bond acceptors (Lipinski definition) is 11. The molecule has 152 valence electrons. The van der Waals surface area contributed by atoms with Gasteiger partial charge in [0.25, 0.3) is 0 Å². The molecule has 2 unspecified atom stereocenters. The van der Waals surface area contributed by atoms with Gasteiger partial charge in [-0.3, -0.25) is 4.79 Å². The van der Waals surface area contributed by atoms with Crippen molar-refractivity contribution in [3.8, 4) is 0 Å². The van der Waals surface area contributed by atoms with Gasteiger partial charge in [-0.05, 0) is 0 Å². The monoisotopic (exact) mass is 384 g/mol. The van der Waals surface area contributed by atoms with Gasteiger partial charge in [-0.25, -0.2) is 0 Å². The van der Waals surface area contributed by atoms with Crippen LogP contribution in [0.1, 0.15) is 8.27 Å². The molecular weight excluding hydrogens is 358 g/mol. The summed E-state index contributed by atoms with van der Waals surface area (Å²) in [5.74, 6) is -3.77. The number of nitrogens with one attached hydrogen (secondary N) is 1. The molecule has 0 aromatic carbocycles. The van der Waals surface area contributed by atoms with Gasteiger partial charge in [0.15, 0.2) is 0 Å². The first kappa shape index (κ1) is 19.8. The van der Waals surface area contributed by atoms with E-state index in [0.717, 1.165) is 0 Å². The van der Waals surface area contributed by atoms with Gasteiger partial charge in [0, 0.05) is 8.27 Å². The SMILES string of the molecule is [2H]CC(=O)N[C@@H]1[C@@H](O)[C@H](O)[C@@H](CO)OC1(O)C1O[C@H](CO)[C@@H](O)[C@H](O)[C@@H]1O. The van der Waals surface area contributed by atoms with Crippen molar-refractivity contribution in [1.29, 1.82) is 0 Å². The van der Waals surface area contributed by atoms with Gasteiger partial charge in [0.2, 0.25) is 11.7 Å². The van der Waals surface area contributed by atoms with Crippen LogP contribution in [0.15, 0.2) is 0 Å². The lowest BCUT2D eigenvalue weighted by Gasteiger charge is -2.54. The predicted octanol–water partition coefficient (Wildman–Crippen LogP) is -5.86. The zero-order valence-electron chi connectivity index (χ0n) is 14.6. The number of amides is 1. The van der Waals surface area contributed by atoms with E-state index in [9.17, 15) is 45.6 Å². The maximum atomic E-state index is 11.6. The molecule has 9 N–H and O–H groups in total. The highest BCUT2D eigenvalue weighted by Crippen LogP contribution is 2.37. The smallest absolute Gasteiger partial charge is 0.219 e. The third-order valence-corrected chi connectivity index (χ3v) is 4.65. The minimum atomic E-state index is -2.80. The average Bonchev–Trinajstić information content (AvgIpc) is 2.66. The number of carbonyl (C=O) groups excluding carboxylic acids is 1. The molecule has 26 heavy (non-hydrogen) atoms. The standard InChI is InChI=1S/C14H25NO11/c1-4(18)15-12-10(22)8(20)6(3-17)26-14(12,24)13-11(23)9(21)7(19)5(2-16)25-13/h5-13,16-17,19-24H,2-3H2,1H3,(H,15,18)/t5-,6-,7-,8-,9+,10+,11+,12-,13?,14?/m1/s1/i1D. The van der Waals surface area contributed by atoms with Crippen LogP contribution in [0.25, 0.3) is 0 Å². The summed E-state index contributed by atoms with van der Waals surface area (Å²) in [4.78, 5) is 11.6. The molecule has 2 heterocycles. The fourth-order valence-electron chi connectivity index (χ4n) is 3.24. The predicted molar refractivity (Wildman–Crippen MR) is 80.3 cm³/mol. The highest BCUT2D eigenvalue weighted by Gasteiger charge is 2.62. The van der Waals surface area contributed by atoms with Crippen molar-refractivity contribution in [2.75, 3.05) is 13.2 Å². The summed E-state index contributed by atoms with van der Waals surface area (Å²) in [7, 11) is 0. The molecule has 0 bridgehead atoms. The Hall–Kier alpha value is -0.930. The molecule has 0 saturated carbocycles. The number of aliphatic hydroxyl groups excluding tert-OH is 7. The third kappa shape index (κ3) is 3.57. The van der Waals surface area contributed by atoms with Crippen molar-refractivity contribution < 1.29 is 56.5 Å². The lowest BCUT2D eigenvalue weighted by atomic mass is 9.81. The molecule has 2 rings (SSSR count). The molecule has 0 aromatic rings.